The standard InChI is InChI=1S/C12H13ClFN3/c1-8(2)17-6-5-15-12(17)16-11-4-3-9(14)7-10(11)13/h3-8H,1-2H3,(H,15,16). The molecular weight excluding hydrogens is 241 g/mol. The molecule has 0 spiro atoms. The van der Waals surface area contributed by atoms with Crippen molar-refractivity contribution < 1.29 is 4.39 Å². The Kier molecular flexibility index (Phi) is 3.33. The van der Waals surface area contributed by atoms with Gasteiger partial charge in [-0.25, -0.2) is 9.37 Å². The van der Waals surface area contributed by atoms with Crippen LogP contribution in [0.2, 0.25) is 5.02 Å². The fraction of sp³-hybridized carbons (Fsp3) is 0.250. The van der Waals surface area contributed by atoms with Gasteiger partial charge >= 0.3 is 0 Å². The van der Waals surface area contributed by atoms with Crippen LogP contribution in [0, 0.1) is 5.82 Å². The Bertz CT molecular complexity index is 522. The summed E-state index contributed by atoms with van der Waals surface area (Å²) in [5.41, 5.74) is 0.640. The van der Waals surface area contributed by atoms with Gasteiger partial charge in [-0.2, -0.15) is 0 Å². The molecule has 1 aromatic heterocycles. The summed E-state index contributed by atoms with van der Waals surface area (Å²) in [7, 11) is 0. The molecule has 5 heteroatoms. The SMILES string of the molecule is CC(C)n1ccnc1Nc1ccc(F)cc1Cl. The zero-order valence-electron chi connectivity index (χ0n) is 9.61. The zero-order chi connectivity index (χ0) is 12.4. The summed E-state index contributed by atoms with van der Waals surface area (Å²) < 4.78 is 14.9. The molecule has 1 heterocycles. The van der Waals surface area contributed by atoms with E-state index < -0.39 is 0 Å². The first kappa shape index (κ1) is 11.9. The van der Waals surface area contributed by atoms with Crippen LogP contribution in [0.1, 0.15) is 19.9 Å². The van der Waals surface area contributed by atoms with Crippen molar-refractivity contribution in [2.45, 2.75) is 19.9 Å². The molecule has 0 unspecified atom stereocenters. The second-order valence-corrected chi connectivity index (χ2v) is 4.41. The first-order valence-corrected chi connectivity index (χ1v) is 5.70. The van der Waals surface area contributed by atoms with Crippen LogP contribution >= 0.6 is 11.6 Å². The molecule has 0 aliphatic rings. The number of nitrogens with zero attached hydrogens (tertiary/aromatic N) is 2. The molecule has 1 aromatic carbocycles. The van der Waals surface area contributed by atoms with E-state index >= 15 is 0 Å². The molecule has 3 nitrogen and oxygen atoms in total. The van der Waals surface area contributed by atoms with Crippen LogP contribution in [0.3, 0.4) is 0 Å². The first-order chi connectivity index (χ1) is 8.08. The number of aromatic nitrogens is 2. The number of anilines is 2. The highest BCUT2D eigenvalue weighted by molar-refractivity contribution is 6.33. The molecule has 0 fully saturated rings. The fourth-order valence-electron chi connectivity index (χ4n) is 1.54. The van der Waals surface area contributed by atoms with Gasteiger partial charge in [0, 0.05) is 18.4 Å². The van der Waals surface area contributed by atoms with Crippen molar-refractivity contribution in [3.05, 3.63) is 41.4 Å². The maximum Gasteiger partial charge on any atom is 0.207 e. The van der Waals surface area contributed by atoms with E-state index in [1.807, 2.05) is 10.8 Å². The smallest absolute Gasteiger partial charge is 0.207 e. The third-order valence-corrected chi connectivity index (χ3v) is 2.72. The Morgan fingerprint density at radius 1 is 1.41 bits per heavy atom. The topological polar surface area (TPSA) is 29.9 Å². The third kappa shape index (κ3) is 2.58. The maximum absolute atomic E-state index is 12.9. The van der Waals surface area contributed by atoms with Crippen LogP contribution in [0.15, 0.2) is 30.6 Å². The molecular formula is C12H13ClFN3. The monoisotopic (exact) mass is 253 g/mol. The lowest BCUT2D eigenvalue weighted by atomic mass is 10.3. The van der Waals surface area contributed by atoms with Crippen molar-refractivity contribution >= 4 is 23.2 Å². The van der Waals surface area contributed by atoms with Gasteiger partial charge < -0.3 is 9.88 Å². The van der Waals surface area contributed by atoms with E-state index in [0.29, 0.717) is 22.7 Å². The summed E-state index contributed by atoms with van der Waals surface area (Å²) >= 11 is 5.94. The molecule has 0 saturated heterocycles. The van der Waals surface area contributed by atoms with Gasteiger partial charge in [0.1, 0.15) is 5.82 Å². The van der Waals surface area contributed by atoms with Gasteiger partial charge in [-0.1, -0.05) is 11.6 Å². The minimum absolute atomic E-state index is 0.291. The highest BCUT2D eigenvalue weighted by Gasteiger charge is 2.08. The molecule has 0 atom stereocenters. The minimum Gasteiger partial charge on any atom is -0.324 e. The van der Waals surface area contributed by atoms with Gasteiger partial charge in [0.15, 0.2) is 0 Å². The van der Waals surface area contributed by atoms with E-state index in [4.69, 9.17) is 11.6 Å². The Morgan fingerprint density at radius 3 is 2.82 bits per heavy atom. The molecule has 0 aliphatic carbocycles. The molecule has 0 aliphatic heterocycles. The first-order valence-electron chi connectivity index (χ1n) is 5.33. The summed E-state index contributed by atoms with van der Waals surface area (Å²) in [5.74, 6) is 0.334. The van der Waals surface area contributed by atoms with E-state index in [9.17, 15) is 4.39 Å². The number of rotatable bonds is 3. The molecule has 0 bridgehead atoms. The van der Waals surface area contributed by atoms with E-state index in [-0.39, 0.29) is 5.82 Å². The number of benzene rings is 1. The number of imidazole rings is 1. The van der Waals surface area contributed by atoms with Crippen LogP contribution in [0.4, 0.5) is 16.0 Å². The van der Waals surface area contributed by atoms with Gasteiger partial charge in [-0.05, 0) is 32.0 Å². The average Bonchev–Trinajstić information content (AvgIpc) is 2.70. The molecule has 90 valence electrons. The Balaban J connectivity index is 2.28. The van der Waals surface area contributed by atoms with Crippen molar-refractivity contribution in [3.63, 3.8) is 0 Å². The number of hydrogen-bond donors (Lipinski definition) is 1. The minimum atomic E-state index is -0.354. The number of nitrogens with one attached hydrogen (secondary N) is 1. The predicted octanol–water partition coefficient (Wildman–Crippen LogP) is 4.00. The average molecular weight is 254 g/mol. The largest absolute Gasteiger partial charge is 0.324 e. The molecule has 17 heavy (non-hydrogen) atoms. The molecule has 0 radical (unpaired) electrons. The lowest BCUT2D eigenvalue weighted by Gasteiger charge is -2.13. The Hall–Kier alpha value is -1.55. The van der Waals surface area contributed by atoms with Crippen molar-refractivity contribution in [2.24, 2.45) is 0 Å². The predicted molar refractivity (Wildman–Crippen MR) is 67.3 cm³/mol. The fourth-order valence-corrected chi connectivity index (χ4v) is 1.75. The summed E-state index contributed by atoms with van der Waals surface area (Å²) in [6.07, 6.45) is 3.59. The van der Waals surface area contributed by atoms with Crippen molar-refractivity contribution in [2.75, 3.05) is 5.32 Å². The molecule has 0 amide bonds. The summed E-state index contributed by atoms with van der Waals surface area (Å²) in [6, 6.07) is 4.51. The third-order valence-electron chi connectivity index (χ3n) is 2.40. The highest BCUT2D eigenvalue weighted by atomic mass is 35.5. The second kappa shape index (κ2) is 4.75. The van der Waals surface area contributed by atoms with Gasteiger partial charge in [0.2, 0.25) is 5.95 Å². The summed E-state index contributed by atoms with van der Waals surface area (Å²) in [4.78, 5) is 4.20. The quantitative estimate of drug-likeness (QED) is 0.896. The van der Waals surface area contributed by atoms with Crippen LogP contribution in [-0.2, 0) is 0 Å². The van der Waals surface area contributed by atoms with Crippen LogP contribution in [0.5, 0.6) is 0 Å². The maximum atomic E-state index is 12.9. The van der Waals surface area contributed by atoms with E-state index in [2.05, 4.69) is 24.1 Å². The molecule has 2 aromatic rings. The van der Waals surface area contributed by atoms with Crippen molar-refractivity contribution in [1.29, 1.82) is 0 Å². The summed E-state index contributed by atoms with van der Waals surface area (Å²) in [5, 5.41) is 3.42. The highest BCUT2D eigenvalue weighted by Crippen LogP contribution is 2.26. The van der Waals surface area contributed by atoms with Gasteiger partial charge in [-0.15, -0.1) is 0 Å². The summed E-state index contributed by atoms with van der Waals surface area (Å²) in [6.45, 7) is 4.11. The molecule has 2 rings (SSSR count). The molecule has 0 saturated carbocycles. The van der Waals surface area contributed by atoms with Crippen LogP contribution in [0.25, 0.3) is 0 Å². The lowest BCUT2D eigenvalue weighted by Crippen LogP contribution is -2.05. The normalized spacial score (nSPS) is 10.9. The van der Waals surface area contributed by atoms with Crippen molar-refractivity contribution in [1.82, 2.24) is 9.55 Å². The van der Waals surface area contributed by atoms with E-state index in [1.54, 1.807) is 12.3 Å². The number of halogens is 2. The number of hydrogen-bond acceptors (Lipinski definition) is 2. The Morgan fingerprint density at radius 2 is 2.18 bits per heavy atom. The van der Waals surface area contributed by atoms with Crippen LogP contribution in [-0.4, -0.2) is 9.55 Å². The van der Waals surface area contributed by atoms with Gasteiger partial charge in [0.25, 0.3) is 0 Å². The second-order valence-electron chi connectivity index (χ2n) is 4.00. The lowest BCUT2D eigenvalue weighted by molar-refractivity contribution is 0.607. The zero-order valence-corrected chi connectivity index (χ0v) is 10.4. The Labute approximate surface area is 104 Å². The van der Waals surface area contributed by atoms with E-state index in [0.717, 1.165) is 0 Å². The van der Waals surface area contributed by atoms with Crippen LogP contribution < -0.4 is 5.32 Å². The van der Waals surface area contributed by atoms with Crippen molar-refractivity contribution in [3.8, 4) is 0 Å². The van der Waals surface area contributed by atoms with Gasteiger partial charge in [0.05, 0.1) is 10.7 Å². The molecule has 1 N–H and O–H groups in total. The van der Waals surface area contributed by atoms with E-state index in [1.165, 1.54) is 12.1 Å². The van der Waals surface area contributed by atoms with Gasteiger partial charge in [-0.3, -0.25) is 0 Å².